The molecule has 0 radical (unpaired) electrons. The quantitative estimate of drug-likeness (QED) is 0.719. The highest BCUT2D eigenvalue weighted by Gasteiger charge is 2.13. The Balaban J connectivity index is 1.36. The first-order valence-corrected chi connectivity index (χ1v) is 7.86. The third kappa shape index (κ3) is 3.41. The molecule has 1 amide bonds. The Hall–Kier alpha value is -3.62. The standard InChI is InChI=1S/C17H15N5O4/c1-10-4-15(22-26-10)21-16(23)12-7-19-17(20-8-12)18-6-11-2-3-13-14(5-11)25-9-24-13/h2-5,7-8H,6,9H2,1H3,(H,18,19,20)(H,21,22,23). The number of hydrogen-bond acceptors (Lipinski definition) is 8. The number of nitrogens with one attached hydrogen (secondary N) is 2. The molecule has 0 unspecified atom stereocenters. The maximum atomic E-state index is 12.1. The van der Waals surface area contributed by atoms with Crippen LogP contribution in [-0.2, 0) is 6.54 Å². The summed E-state index contributed by atoms with van der Waals surface area (Å²) < 4.78 is 15.5. The van der Waals surface area contributed by atoms with Crippen LogP contribution in [0, 0.1) is 6.92 Å². The third-order valence-electron chi connectivity index (χ3n) is 3.67. The van der Waals surface area contributed by atoms with Gasteiger partial charge in [0.25, 0.3) is 5.91 Å². The second kappa shape index (κ2) is 6.71. The van der Waals surface area contributed by atoms with Gasteiger partial charge in [0.05, 0.1) is 5.56 Å². The van der Waals surface area contributed by atoms with E-state index < -0.39 is 0 Å². The third-order valence-corrected chi connectivity index (χ3v) is 3.67. The molecule has 2 N–H and O–H groups in total. The number of fused-ring (bicyclic) bond motifs is 1. The lowest BCUT2D eigenvalue weighted by molar-refractivity contribution is 0.102. The summed E-state index contributed by atoms with van der Waals surface area (Å²) in [4.78, 5) is 20.4. The molecular weight excluding hydrogens is 338 g/mol. The summed E-state index contributed by atoms with van der Waals surface area (Å²) in [6, 6.07) is 7.32. The summed E-state index contributed by atoms with van der Waals surface area (Å²) in [6.45, 7) is 2.50. The normalized spacial score (nSPS) is 12.0. The minimum atomic E-state index is -0.361. The van der Waals surface area contributed by atoms with E-state index in [9.17, 15) is 4.79 Å². The van der Waals surface area contributed by atoms with Crippen molar-refractivity contribution >= 4 is 17.7 Å². The topological polar surface area (TPSA) is 111 Å². The van der Waals surface area contributed by atoms with Gasteiger partial charge < -0.3 is 24.6 Å². The van der Waals surface area contributed by atoms with Crippen molar-refractivity contribution in [2.24, 2.45) is 0 Å². The highest BCUT2D eigenvalue weighted by Crippen LogP contribution is 2.32. The fraction of sp³-hybridized carbons (Fsp3) is 0.176. The molecule has 1 aliphatic rings. The van der Waals surface area contributed by atoms with Gasteiger partial charge >= 0.3 is 0 Å². The molecule has 0 saturated heterocycles. The SMILES string of the molecule is Cc1cc(NC(=O)c2cnc(NCc3ccc4c(c3)OCO4)nc2)no1. The van der Waals surface area contributed by atoms with Crippen molar-refractivity contribution in [3.05, 3.63) is 53.5 Å². The molecule has 3 heterocycles. The van der Waals surface area contributed by atoms with Gasteiger partial charge in [-0.15, -0.1) is 0 Å². The van der Waals surface area contributed by atoms with Crippen LogP contribution in [0.1, 0.15) is 21.7 Å². The number of aryl methyl sites for hydroxylation is 1. The monoisotopic (exact) mass is 353 g/mol. The van der Waals surface area contributed by atoms with Crippen LogP contribution in [0.4, 0.5) is 11.8 Å². The van der Waals surface area contributed by atoms with Crippen molar-refractivity contribution in [1.82, 2.24) is 15.1 Å². The average molecular weight is 353 g/mol. The molecule has 0 saturated carbocycles. The Bertz CT molecular complexity index is 939. The van der Waals surface area contributed by atoms with Gasteiger partial charge in [-0.1, -0.05) is 11.2 Å². The molecule has 2 aromatic heterocycles. The molecule has 26 heavy (non-hydrogen) atoms. The first-order chi connectivity index (χ1) is 12.7. The van der Waals surface area contributed by atoms with Gasteiger partial charge in [0, 0.05) is 25.0 Å². The molecule has 0 spiro atoms. The summed E-state index contributed by atoms with van der Waals surface area (Å²) in [5.74, 6) is 2.47. The number of aromatic nitrogens is 3. The van der Waals surface area contributed by atoms with E-state index in [0.29, 0.717) is 29.6 Å². The predicted octanol–water partition coefficient (Wildman–Crippen LogP) is 2.37. The van der Waals surface area contributed by atoms with Crippen LogP contribution in [-0.4, -0.2) is 27.8 Å². The number of anilines is 2. The number of nitrogens with zero attached hydrogens (tertiary/aromatic N) is 3. The first-order valence-electron chi connectivity index (χ1n) is 7.86. The molecule has 0 atom stereocenters. The predicted molar refractivity (Wildman–Crippen MR) is 91.1 cm³/mol. The number of hydrogen-bond donors (Lipinski definition) is 2. The van der Waals surface area contributed by atoms with Gasteiger partial charge in [-0.25, -0.2) is 9.97 Å². The van der Waals surface area contributed by atoms with Crippen LogP contribution in [0.5, 0.6) is 11.5 Å². The number of ether oxygens (including phenoxy) is 2. The van der Waals surface area contributed by atoms with E-state index in [1.807, 2.05) is 18.2 Å². The molecule has 132 valence electrons. The van der Waals surface area contributed by atoms with Crippen molar-refractivity contribution in [2.75, 3.05) is 17.4 Å². The van der Waals surface area contributed by atoms with E-state index in [1.54, 1.807) is 13.0 Å². The lowest BCUT2D eigenvalue weighted by Crippen LogP contribution is -2.13. The largest absolute Gasteiger partial charge is 0.454 e. The zero-order valence-electron chi connectivity index (χ0n) is 13.9. The van der Waals surface area contributed by atoms with Crippen molar-refractivity contribution in [1.29, 1.82) is 0 Å². The number of rotatable bonds is 5. The number of carbonyl (C=O) groups excluding carboxylic acids is 1. The fourth-order valence-corrected chi connectivity index (χ4v) is 2.38. The molecule has 1 aromatic carbocycles. The molecule has 0 bridgehead atoms. The van der Waals surface area contributed by atoms with Gasteiger partial charge in [-0.05, 0) is 24.6 Å². The lowest BCUT2D eigenvalue weighted by atomic mass is 10.2. The maximum Gasteiger partial charge on any atom is 0.260 e. The zero-order chi connectivity index (χ0) is 17.9. The summed E-state index contributed by atoms with van der Waals surface area (Å²) in [6.07, 6.45) is 2.88. The maximum absolute atomic E-state index is 12.1. The smallest absolute Gasteiger partial charge is 0.260 e. The average Bonchev–Trinajstić information content (AvgIpc) is 3.28. The van der Waals surface area contributed by atoms with Crippen LogP contribution < -0.4 is 20.1 Å². The van der Waals surface area contributed by atoms with E-state index >= 15 is 0 Å². The Morgan fingerprint density at radius 2 is 1.96 bits per heavy atom. The summed E-state index contributed by atoms with van der Waals surface area (Å²) >= 11 is 0. The highest BCUT2D eigenvalue weighted by molar-refractivity contribution is 6.03. The molecule has 9 nitrogen and oxygen atoms in total. The summed E-state index contributed by atoms with van der Waals surface area (Å²) in [5, 5.41) is 9.41. The van der Waals surface area contributed by atoms with Crippen molar-refractivity contribution in [3.63, 3.8) is 0 Å². The van der Waals surface area contributed by atoms with Gasteiger partial charge in [-0.3, -0.25) is 4.79 Å². The van der Waals surface area contributed by atoms with Gasteiger partial charge in [0.15, 0.2) is 17.3 Å². The second-order valence-corrected chi connectivity index (χ2v) is 5.61. The Kier molecular flexibility index (Phi) is 4.10. The molecular formula is C17H15N5O4. The van der Waals surface area contributed by atoms with Crippen LogP contribution >= 0.6 is 0 Å². The zero-order valence-corrected chi connectivity index (χ0v) is 13.9. The summed E-state index contributed by atoms with van der Waals surface area (Å²) in [7, 11) is 0. The van der Waals surface area contributed by atoms with E-state index in [0.717, 1.165) is 17.1 Å². The number of carbonyl (C=O) groups is 1. The van der Waals surface area contributed by atoms with E-state index in [-0.39, 0.29) is 12.7 Å². The van der Waals surface area contributed by atoms with E-state index in [2.05, 4.69) is 25.8 Å². The van der Waals surface area contributed by atoms with Gasteiger partial charge in [0.1, 0.15) is 5.76 Å². The van der Waals surface area contributed by atoms with Crippen molar-refractivity contribution in [3.8, 4) is 11.5 Å². The van der Waals surface area contributed by atoms with Gasteiger partial charge in [-0.2, -0.15) is 0 Å². The van der Waals surface area contributed by atoms with Crippen LogP contribution in [0.2, 0.25) is 0 Å². The highest BCUT2D eigenvalue weighted by atomic mass is 16.7. The van der Waals surface area contributed by atoms with Crippen LogP contribution in [0.25, 0.3) is 0 Å². The van der Waals surface area contributed by atoms with Crippen molar-refractivity contribution in [2.45, 2.75) is 13.5 Å². The molecule has 0 fully saturated rings. The lowest BCUT2D eigenvalue weighted by Gasteiger charge is -2.06. The second-order valence-electron chi connectivity index (χ2n) is 5.61. The minimum absolute atomic E-state index is 0.243. The first kappa shape index (κ1) is 15.9. The minimum Gasteiger partial charge on any atom is -0.454 e. The van der Waals surface area contributed by atoms with Crippen molar-refractivity contribution < 1.29 is 18.8 Å². The Morgan fingerprint density at radius 1 is 1.15 bits per heavy atom. The number of amides is 1. The molecule has 4 rings (SSSR count). The summed E-state index contributed by atoms with van der Waals surface area (Å²) in [5.41, 5.74) is 1.32. The van der Waals surface area contributed by atoms with Crippen LogP contribution in [0.3, 0.4) is 0 Å². The molecule has 3 aromatic rings. The van der Waals surface area contributed by atoms with Crippen LogP contribution in [0.15, 0.2) is 41.2 Å². The molecule has 9 heteroatoms. The van der Waals surface area contributed by atoms with E-state index in [1.165, 1.54) is 12.4 Å². The van der Waals surface area contributed by atoms with E-state index in [4.69, 9.17) is 14.0 Å². The number of benzene rings is 1. The Labute approximate surface area is 148 Å². The van der Waals surface area contributed by atoms with Gasteiger partial charge in [0.2, 0.25) is 12.7 Å². The fourth-order valence-electron chi connectivity index (χ4n) is 2.38. The molecule has 1 aliphatic heterocycles. The molecule has 0 aliphatic carbocycles. The Morgan fingerprint density at radius 3 is 2.73 bits per heavy atom.